The SMILES string of the molecule is CC[C@H]1OC(=O)C(C)C(=O)[C@H](C)[C@@H](O[C@@H]2O[C@H](C)C[C@H](N(C)C)[C@H]2O)[C@]2(C)C[C@@H](C)C(=NC(C)=O)[C@H](C)[C@@H](OCC3OC3CO2)[C@]1(C)O. The number of esters is 1. The van der Waals surface area contributed by atoms with Gasteiger partial charge in [-0.2, -0.15) is 0 Å². The molecule has 0 aromatic carbocycles. The van der Waals surface area contributed by atoms with Crippen molar-refractivity contribution in [3.63, 3.8) is 0 Å². The summed E-state index contributed by atoms with van der Waals surface area (Å²) < 4.78 is 37.8. The third-order valence-corrected chi connectivity index (χ3v) is 10.8. The number of carbonyl (C=O) groups is 3. The van der Waals surface area contributed by atoms with E-state index in [2.05, 4.69) is 4.99 Å². The lowest BCUT2D eigenvalue weighted by Crippen LogP contribution is -2.60. The van der Waals surface area contributed by atoms with Gasteiger partial charge in [0.1, 0.15) is 35.9 Å². The number of ketones is 1. The summed E-state index contributed by atoms with van der Waals surface area (Å²) in [5, 5.41) is 23.6. The highest BCUT2D eigenvalue weighted by Crippen LogP contribution is 2.41. The molecule has 0 aromatic rings. The minimum Gasteiger partial charge on any atom is -0.459 e. The van der Waals surface area contributed by atoms with Gasteiger partial charge in [-0.25, -0.2) is 4.99 Å². The maximum Gasteiger partial charge on any atom is 0.316 e. The van der Waals surface area contributed by atoms with Crippen LogP contribution in [0.3, 0.4) is 0 Å². The van der Waals surface area contributed by atoms with Crippen LogP contribution in [-0.2, 0) is 42.8 Å². The number of ether oxygens (including phenoxy) is 6. The minimum atomic E-state index is -1.73. The Labute approximate surface area is 285 Å². The molecule has 4 aliphatic rings. The highest BCUT2D eigenvalue weighted by Gasteiger charge is 2.54. The third kappa shape index (κ3) is 8.20. The number of amides is 1. The molecule has 4 saturated heterocycles. The van der Waals surface area contributed by atoms with Crippen LogP contribution in [0.5, 0.6) is 0 Å². The molecule has 4 rings (SSSR count). The summed E-state index contributed by atoms with van der Waals surface area (Å²) in [4.78, 5) is 46.9. The number of aliphatic hydroxyl groups is 2. The second-order valence-corrected chi connectivity index (χ2v) is 15.1. The number of cyclic esters (lactones) is 1. The van der Waals surface area contributed by atoms with Gasteiger partial charge in [-0.3, -0.25) is 14.4 Å². The van der Waals surface area contributed by atoms with Gasteiger partial charge in [-0.15, -0.1) is 0 Å². The second-order valence-electron chi connectivity index (χ2n) is 15.1. The fourth-order valence-electron chi connectivity index (χ4n) is 8.02. The molecule has 48 heavy (non-hydrogen) atoms. The van der Waals surface area contributed by atoms with Crippen molar-refractivity contribution < 1.29 is 53.0 Å². The molecule has 0 saturated carbocycles. The lowest BCUT2D eigenvalue weighted by Gasteiger charge is -2.48. The Morgan fingerprint density at radius 2 is 1.69 bits per heavy atom. The van der Waals surface area contributed by atoms with Gasteiger partial charge in [0, 0.05) is 30.5 Å². The van der Waals surface area contributed by atoms with Crippen LogP contribution in [-0.4, -0.2) is 132 Å². The Kier molecular flexibility index (Phi) is 12.3. The predicted molar refractivity (Wildman–Crippen MR) is 175 cm³/mol. The zero-order valence-electron chi connectivity index (χ0n) is 30.5. The lowest BCUT2D eigenvalue weighted by atomic mass is 9.73. The van der Waals surface area contributed by atoms with E-state index in [9.17, 15) is 24.6 Å². The van der Waals surface area contributed by atoms with E-state index >= 15 is 0 Å². The number of hydrogen-bond acceptors (Lipinski definition) is 12. The number of carbonyl (C=O) groups excluding carboxylic acids is 3. The van der Waals surface area contributed by atoms with Gasteiger partial charge in [0.2, 0.25) is 5.91 Å². The fraction of sp³-hybridized carbons (Fsp3) is 0.886. The van der Waals surface area contributed by atoms with E-state index < -0.39 is 83.2 Å². The monoisotopic (exact) mass is 682 g/mol. The molecule has 13 nitrogen and oxygen atoms in total. The van der Waals surface area contributed by atoms with Crippen molar-refractivity contribution in [3.05, 3.63) is 0 Å². The highest BCUT2D eigenvalue weighted by atomic mass is 16.7. The summed E-state index contributed by atoms with van der Waals surface area (Å²) in [6.45, 7) is 15.6. The van der Waals surface area contributed by atoms with Crippen molar-refractivity contribution in [2.75, 3.05) is 27.3 Å². The molecule has 3 unspecified atom stereocenters. The molecule has 0 aliphatic carbocycles. The summed E-state index contributed by atoms with van der Waals surface area (Å²) in [5.74, 6) is -4.86. The van der Waals surface area contributed by atoms with Crippen LogP contribution in [0.4, 0.5) is 0 Å². The first kappa shape index (κ1) is 39.0. The van der Waals surface area contributed by atoms with E-state index in [4.69, 9.17) is 28.4 Å². The molecule has 2 N–H and O–H groups in total. The van der Waals surface area contributed by atoms with Gasteiger partial charge in [0.15, 0.2) is 12.1 Å². The number of likely N-dealkylation sites (N-methyl/N-ethyl adjacent to an activating group) is 1. The average molecular weight is 683 g/mol. The molecule has 0 aromatic heterocycles. The van der Waals surface area contributed by atoms with E-state index in [0.717, 1.165) is 0 Å². The third-order valence-electron chi connectivity index (χ3n) is 10.8. The first-order chi connectivity index (χ1) is 22.3. The van der Waals surface area contributed by atoms with E-state index in [1.54, 1.807) is 20.8 Å². The first-order valence-corrected chi connectivity index (χ1v) is 17.4. The minimum absolute atomic E-state index is 0.124. The molecule has 0 spiro atoms. The summed E-state index contributed by atoms with van der Waals surface area (Å²) >= 11 is 0. The van der Waals surface area contributed by atoms with Crippen LogP contribution in [0, 0.1) is 23.7 Å². The predicted octanol–water partition coefficient (Wildman–Crippen LogP) is 2.32. The number of nitrogens with zero attached hydrogens (tertiary/aromatic N) is 2. The van der Waals surface area contributed by atoms with E-state index in [1.807, 2.05) is 46.7 Å². The second kappa shape index (κ2) is 15.2. The van der Waals surface area contributed by atoms with Gasteiger partial charge in [-0.05, 0) is 67.0 Å². The van der Waals surface area contributed by atoms with Crippen LogP contribution in [0.1, 0.15) is 81.6 Å². The molecule has 2 bridgehead atoms. The van der Waals surface area contributed by atoms with Crippen molar-refractivity contribution in [1.82, 2.24) is 4.90 Å². The fourth-order valence-corrected chi connectivity index (χ4v) is 8.02. The van der Waals surface area contributed by atoms with Crippen molar-refractivity contribution in [2.45, 2.75) is 148 Å². The molecule has 0 radical (unpaired) electrons. The normalized spacial score (nSPS) is 47.3. The Bertz CT molecular complexity index is 1210. The zero-order chi connectivity index (χ0) is 35.9. The summed E-state index contributed by atoms with van der Waals surface area (Å²) in [5.41, 5.74) is -2.50. The van der Waals surface area contributed by atoms with Crippen molar-refractivity contribution in [1.29, 1.82) is 0 Å². The van der Waals surface area contributed by atoms with E-state index in [-0.39, 0.29) is 50.4 Å². The van der Waals surface area contributed by atoms with Crippen LogP contribution in [0.25, 0.3) is 0 Å². The molecule has 4 fully saturated rings. The smallest absolute Gasteiger partial charge is 0.316 e. The lowest BCUT2D eigenvalue weighted by molar-refractivity contribution is -0.297. The van der Waals surface area contributed by atoms with E-state index in [1.165, 1.54) is 13.8 Å². The number of rotatable bonds is 4. The summed E-state index contributed by atoms with van der Waals surface area (Å²) in [6, 6.07) is -0.271. The van der Waals surface area contributed by atoms with Crippen LogP contribution < -0.4 is 0 Å². The van der Waals surface area contributed by atoms with Gasteiger partial charge >= 0.3 is 5.97 Å². The molecule has 4 heterocycles. The van der Waals surface area contributed by atoms with E-state index in [0.29, 0.717) is 12.1 Å². The van der Waals surface area contributed by atoms with Crippen LogP contribution in [0.2, 0.25) is 0 Å². The molecule has 13 heteroatoms. The van der Waals surface area contributed by atoms with Gasteiger partial charge < -0.3 is 43.5 Å². The van der Waals surface area contributed by atoms with Gasteiger partial charge in [-0.1, -0.05) is 27.7 Å². The van der Waals surface area contributed by atoms with Crippen molar-refractivity contribution in [2.24, 2.45) is 28.7 Å². The van der Waals surface area contributed by atoms with Gasteiger partial charge in [0.05, 0.1) is 37.1 Å². The maximum absolute atomic E-state index is 14.2. The molecular weight excluding hydrogens is 624 g/mol. The van der Waals surface area contributed by atoms with Crippen LogP contribution in [0.15, 0.2) is 4.99 Å². The van der Waals surface area contributed by atoms with Crippen molar-refractivity contribution in [3.8, 4) is 0 Å². The molecule has 4 aliphatic heterocycles. The zero-order valence-corrected chi connectivity index (χ0v) is 30.5. The average Bonchev–Trinajstić information content (AvgIpc) is 3.77. The summed E-state index contributed by atoms with van der Waals surface area (Å²) in [7, 11) is 3.76. The largest absolute Gasteiger partial charge is 0.459 e. The number of hydrogen-bond donors (Lipinski definition) is 2. The maximum atomic E-state index is 14.2. The standard InChI is InChI=1S/C35H58N2O11/c1-12-26-35(9,42)31-19(4)27(36-22(7)38)17(2)14-34(8,44-16-25-24(46-25)15-43-31)30(20(5)28(39)21(6)32(41)47-26)48-33-29(40)23(37(10)11)13-18(3)45-33/h17-21,23-26,29-31,33,40,42H,12-16H2,1-11H3/t17-,18-,19+,20+,21?,23+,24?,25?,26-,29-,30-,31-,33+,34+,35-/m1/s1. The number of fused-ring (bicyclic) bond motifs is 6. The Morgan fingerprint density at radius 3 is 2.29 bits per heavy atom. The number of epoxide rings is 1. The Balaban J connectivity index is 1.90. The molecule has 15 atom stereocenters. The number of Topliss-reactive ketones (excluding diaryl/α,β-unsaturated/α-hetero) is 1. The van der Waals surface area contributed by atoms with Gasteiger partial charge in [0.25, 0.3) is 0 Å². The Morgan fingerprint density at radius 1 is 1.04 bits per heavy atom. The quantitative estimate of drug-likeness (QED) is 0.253. The van der Waals surface area contributed by atoms with Crippen molar-refractivity contribution >= 4 is 23.4 Å². The molecule has 274 valence electrons. The summed E-state index contributed by atoms with van der Waals surface area (Å²) in [6.07, 6.45) is -5.02. The highest BCUT2D eigenvalue weighted by molar-refractivity contribution is 6.00. The molecular formula is C35H58N2O11. The number of aliphatic hydroxyl groups excluding tert-OH is 1. The number of aliphatic imine (C=N–C) groups is 1. The first-order valence-electron chi connectivity index (χ1n) is 17.4. The topological polar surface area (TPSA) is 166 Å². The Hall–Kier alpha value is -1.84. The molecule has 1 amide bonds. The van der Waals surface area contributed by atoms with Crippen LogP contribution >= 0.6 is 0 Å².